The van der Waals surface area contributed by atoms with E-state index in [0.29, 0.717) is 6.04 Å². The molecule has 1 atom stereocenters. The van der Waals surface area contributed by atoms with Crippen LogP contribution < -0.4 is 11.1 Å². The molecule has 1 saturated heterocycles. The summed E-state index contributed by atoms with van der Waals surface area (Å²) < 4.78 is 0. The van der Waals surface area contributed by atoms with E-state index in [9.17, 15) is 0 Å². The Bertz CT molecular complexity index is 110. The number of hydrogen-bond acceptors (Lipinski definition) is 3. The summed E-state index contributed by atoms with van der Waals surface area (Å²) in [6.07, 6.45) is 2.76. The van der Waals surface area contributed by atoms with Crippen molar-refractivity contribution in [2.24, 2.45) is 5.73 Å². The highest BCUT2D eigenvalue weighted by Gasteiger charge is 2.13. The Labute approximate surface area is 75.3 Å². The van der Waals surface area contributed by atoms with E-state index >= 15 is 0 Å². The standard InChI is InChI=1S/C9H21N3/c1-9(11-5-4-10)8-12-6-2-3-7-12/h9,11H,2-8,10H2,1H3. The van der Waals surface area contributed by atoms with Crippen LogP contribution in [-0.4, -0.2) is 43.7 Å². The summed E-state index contributed by atoms with van der Waals surface area (Å²) in [5.74, 6) is 0. The maximum absolute atomic E-state index is 5.41. The minimum Gasteiger partial charge on any atom is -0.329 e. The summed E-state index contributed by atoms with van der Waals surface area (Å²) in [5, 5.41) is 3.39. The third-order valence-electron chi connectivity index (χ3n) is 2.37. The Hall–Kier alpha value is -0.120. The second-order valence-electron chi connectivity index (χ2n) is 3.65. The monoisotopic (exact) mass is 171 g/mol. The van der Waals surface area contributed by atoms with E-state index in [4.69, 9.17) is 5.73 Å². The van der Waals surface area contributed by atoms with Crippen molar-refractivity contribution in [3.8, 4) is 0 Å². The molecule has 3 heteroatoms. The highest BCUT2D eigenvalue weighted by molar-refractivity contribution is 4.72. The molecule has 0 aliphatic carbocycles. The minimum atomic E-state index is 0.589. The first kappa shape index (κ1) is 9.96. The van der Waals surface area contributed by atoms with Crippen molar-refractivity contribution in [3.63, 3.8) is 0 Å². The van der Waals surface area contributed by atoms with E-state index in [1.54, 1.807) is 0 Å². The number of rotatable bonds is 5. The predicted molar refractivity (Wildman–Crippen MR) is 52.2 cm³/mol. The van der Waals surface area contributed by atoms with Gasteiger partial charge in [0.2, 0.25) is 0 Å². The van der Waals surface area contributed by atoms with Gasteiger partial charge in [-0.2, -0.15) is 0 Å². The quantitative estimate of drug-likeness (QED) is 0.613. The molecule has 0 saturated carbocycles. The van der Waals surface area contributed by atoms with Gasteiger partial charge in [-0.05, 0) is 32.9 Å². The summed E-state index contributed by atoms with van der Waals surface area (Å²) in [6.45, 7) is 7.66. The summed E-state index contributed by atoms with van der Waals surface area (Å²) in [7, 11) is 0. The fourth-order valence-corrected chi connectivity index (χ4v) is 1.75. The van der Waals surface area contributed by atoms with Crippen LogP contribution in [0.15, 0.2) is 0 Å². The summed E-state index contributed by atoms with van der Waals surface area (Å²) in [6, 6.07) is 0.589. The zero-order valence-electron chi connectivity index (χ0n) is 8.05. The van der Waals surface area contributed by atoms with E-state index in [1.165, 1.54) is 32.5 Å². The summed E-state index contributed by atoms with van der Waals surface area (Å²) in [4.78, 5) is 2.52. The smallest absolute Gasteiger partial charge is 0.0167 e. The first-order valence-corrected chi connectivity index (χ1v) is 4.98. The first-order chi connectivity index (χ1) is 5.83. The molecule has 1 fully saturated rings. The van der Waals surface area contributed by atoms with E-state index in [0.717, 1.165) is 13.1 Å². The predicted octanol–water partition coefficient (Wildman–Crippen LogP) is 0.0190. The normalized spacial score (nSPS) is 21.5. The lowest BCUT2D eigenvalue weighted by atomic mass is 10.3. The molecule has 1 heterocycles. The van der Waals surface area contributed by atoms with Crippen molar-refractivity contribution in [2.45, 2.75) is 25.8 Å². The van der Waals surface area contributed by atoms with Gasteiger partial charge in [0.1, 0.15) is 0 Å². The highest BCUT2D eigenvalue weighted by atomic mass is 15.2. The minimum absolute atomic E-state index is 0.589. The molecule has 12 heavy (non-hydrogen) atoms. The van der Waals surface area contributed by atoms with Crippen molar-refractivity contribution in [1.29, 1.82) is 0 Å². The molecule has 1 aliphatic rings. The molecule has 72 valence electrons. The lowest BCUT2D eigenvalue weighted by Gasteiger charge is -2.20. The Morgan fingerprint density at radius 1 is 1.42 bits per heavy atom. The maximum Gasteiger partial charge on any atom is 0.0167 e. The molecule has 0 radical (unpaired) electrons. The van der Waals surface area contributed by atoms with Crippen LogP contribution in [-0.2, 0) is 0 Å². The molecule has 0 amide bonds. The SMILES string of the molecule is CC(CN1CCCC1)NCCN. The molecule has 0 bridgehead atoms. The van der Waals surface area contributed by atoms with Gasteiger partial charge in [-0.3, -0.25) is 0 Å². The van der Waals surface area contributed by atoms with Gasteiger partial charge in [0.05, 0.1) is 0 Å². The Kier molecular flexibility index (Phi) is 4.58. The molecule has 1 unspecified atom stereocenters. The van der Waals surface area contributed by atoms with E-state index < -0.39 is 0 Å². The van der Waals surface area contributed by atoms with Crippen LogP contribution in [0.5, 0.6) is 0 Å². The van der Waals surface area contributed by atoms with Gasteiger partial charge in [0, 0.05) is 25.7 Å². The lowest BCUT2D eigenvalue weighted by Crippen LogP contribution is -2.39. The third kappa shape index (κ3) is 3.52. The van der Waals surface area contributed by atoms with Crippen LogP contribution in [0.2, 0.25) is 0 Å². The maximum atomic E-state index is 5.41. The second-order valence-corrected chi connectivity index (χ2v) is 3.65. The Morgan fingerprint density at radius 2 is 2.08 bits per heavy atom. The average Bonchev–Trinajstić information content (AvgIpc) is 2.53. The van der Waals surface area contributed by atoms with Crippen molar-refractivity contribution in [3.05, 3.63) is 0 Å². The van der Waals surface area contributed by atoms with Crippen molar-refractivity contribution in [2.75, 3.05) is 32.7 Å². The van der Waals surface area contributed by atoms with E-state index in [1.807, 2.05) is 0 Å². The highest BCUT2D eigenvalue weighted by Crippen LogP contribution is 2.07. The number of nitrogens with two attached hydrogens (primary N) is 1. The van der Waals surface area contributed by atoms with E-state index in [2.05, 4.69) is 17.1 Å². The number of nitrogens with one attached hydrogen (secondary N) is 1. The van der Waals surface area contributed by atoms with Crippen molar-refractivity contribution < 1.29 is 0 Å². The number of likely N-dealkylation sites (tertiary alicyclic amines) is 1. The largest absolute Gasteiger partial charge is 0.329 e. The zero-order valence-corrected chi connectivity index (χ0v) is 8.05. The van der Waals surface area contributed by atoms with Crippen LogP contribution >= 0.6 is 0 Å². The topological polar surface area (TPSA) is 41.3 Å². The fraction of sp³-hybridized carbons (Fsp3) is 1.00. The Balaban J connectivity index is 2.03. The van der Waals surface area contributed by atoms with Gasteiger partial charge in [-0.1, -0.05) is 0 Å². The van der Waals surface area contributed by atoms with Gasteiger partial charge in [0.25, 0.3) is 0 Å². The molecule has 0 aromatic rings. The third-order valence-corrected chi connectivity index (χ3v) is 2.37. The Morgan fingerprint density at radius 3 is 2.67 bits per heavy atom. The fourth-order valence-electron chi connectivity index (χ4n) is 1.75. The van der Waals surface area contributed by atoms with Gasteiger partial charge in [-0.15, -0.1) is 0 Å². The average molecular weight is 171 g/mol. The molecule has 1 rings (SSSR count). The molecular weight excluding hydrogens is 150 g/mol. The summed E-state index contributed by atoms with van der Waals surface area (Å²) in [5.41, 5.74) is 5.41. The summed E-state index contributed by atoms with van der Waals surface area (Å²) >= 11 is 0. The van der Waals surface area contributed by atoms with E-state index in [-0.39, 0.29) is 0 Å². The van der Waals surface area contributed by atoms with Gasteiger partial charge < -0.3 is 16.0 Å². The molecular formula is C9H21N3. The molecule has 0 aromatic carbocycles. The van der Waals surface area contributed by atoms with Crippen LogP contribution in [0.25, 0.3) is 0 Å². The van der Waals surface area contributed by atoms with Crippen LogP contribution in [0.1, 0.15) is 19.8 Å². The number of nitrogens with zero attached hydrogens (tertiary/aromatic N) is 1. The van der Waals surface area contributed by atoms with Gasteiger partial charge in [-0.25, -0.2) is 0 Å². The van der Waals surface area contributed by atoms with Crippen LogP contribution in [0.4, 0.5) is 0 Å². The van der Waals surface area contributed by atoms with Crippen molar-refractivity contribution >= 4 is 0 Å². The first-order valence-electron chi connectivity index (χ1n) is 4.98. The molecule has 3 N–H and O–H groups in total. The second kappa shape index (κ2) is 5.51. The zero-order chi connectivity index (χ0) is 8.81. The van der Waals surface area contributed by atoms with Crippen LogP contribution in [0.3, 0.4) is 0 Å². The molecule has 1 aliphatic heterocycles. The molecule has 3 nitrogen and oxygen atoms in total. The molecule has 0 spiro atoms. The van der Waals surface area contributed by atoms with Gasteiger partial charge in [0.15, 0.2) is 0 Å². The van der Waals surface area contributed by atoms with Gasteiger partial charge >= 0.3 is 0 Å². The number of hydrogen-bond donors (Lipinski definition) is 2. The van der Waals surface area contributed by atoms with Crippen molar-refractivity contribution in [1.82, 2.24) is 10.2 Å². The van der Waals surface area contributed by atoms with Crippen LogP contribution in [0, 0.1) is 0 Å². The molecule has 0 aromatic heterocycles. The lowest BCUT2D eigenvalue weighted by molar-refractivity contribution is 0.300.